The quantitative estimate of drug-likeness (QED) is 0.469. The molecule has 1 heterocycles. The number of aliphatic imine (C=N–C) groups is 1. The maximum Gasteiger partial charge on any atom is 0.363 e. The summed E-state index contributed by atoms with van der Waals surface area (Å²) in [6.45, 7) is 2.32. The van der Waals surface area contributed by atoms with Crippen molar-refractivity contribution in [3.05, 3.63) is 106 Å². The largest absolute Gasteiger partial charge is 1.00 e. The van der Waals surface area contributed by atoms with Gasteiger partial charge >= 0.3 is 5.97 Å². The third-order valence-electron chi connectivity index (χ3n) is 4.47. The molecule has 4 nitrogen and oxygen atoms in total. The summed E-state index contributed by atoms with van der Waals surface area (Å²) >= 11 is 6.20. The second kappa shape index (κ2) is 9.37. The fraction of sp³-hybridized carbons (Fsp3) is 0.0833. The van der Waals surface area contributed by atoms with Crippen molar-refractivity contribution in [2.75, 3.05) is 0 Å². The number of esters is 1. The Labute approximate surface area is 178 Å². The van der Waals surface area contributed by atoms with Crippen LogP contribution in [0, 0.1) is 6.92 Å². The molecule has 0 atom stereocenters. The number of carbonyl (C=O) groups excluding carboxylic acids is 1. The van der Waals surface area contributed by atoms with Crippen molar-refractivity contribution < 1.29 is 19.0 Å². The van der Waals surface area contributed by atoms with Crippen LogP contribution >= 0.6 is 11.6 Å². The molecule has 1 aliphatic rings. The summed E-state index contributed by atoms with van der Waals surface area (Å²) in [6, 6.07) is 22.6. The van der Waals surface area contributed by atoms with Gasteiger partial charge in [0.25, 0.3) is 0 Å². The van der Waals surface area contributed by atoms with E-state index in [1.54, 1.807) is 6.08 Å². The number of para-hydroxylation sites is 1. The minimum atomic E-state index is -0.485. The summed E-state index contributed by atoms with van der Waals surface area (Å²) in [5.41, 5.74) is 3.74. The first-order valence-electron chi connectivity index (χ1n) is 9.15. The first-order valence-corrected chi connectivity index (χ1v) is 9.53. The summed E-state index contributed by atoms with van der Waals surface area (Å²) in [5, 5.41) is 0.648. The predicted molar refractivity (Wildman–Crippen MR) is 114 cm³/mol. The van der Waals surface area contributed by atoms with Crippen LogP contribution in [0.25, 0.3) is 6.08 Å². The second-order valence-electron chi connectivity index (χ2n) is 6.62. The minimum Gasteiger partial charge on any atom is -1.00 e. The van der Waals surface area contributed by atoms with Crippen LogP contribution in [0.15, 0.2) is 83.5 Å². The summed E-state index contributed by atoms with van der Waals surface area (Å²) in [5.74, 6) is 0.448. The van der Waals surface area contributed by atoms with Gasteiger partial charge in [-0.2, -0.15) is 0 Å². The van der Waals surface area contributed by atoms with Crippen molar-refractivity contribution in [2.24, 2.45) is 4.99 Å². The monoisotopic (exact) mass is 422 g/mol. The van der Waals surface area contributed by atoms with Crippen LogP contribution in [0.5, 0.6) is 5.75 Å². The van der Waals surface area contributed by atoms with Crippen LogP contribution in [0.2, 0.25) is 5.02 Å². The Morgan fingerprint density at radius 1 is 1.00 bits per heavy atom. The van der Waals surface area contributed by atoms with Crippen LogP contribution in [0.3, 0.4) is 0 Å². The van der Waals surface area contributed by atoms with Crippen molar-refractivity contribution in [1.82, 2.24) is 0 Å². The first-order chi connectivity index (χ1) is 14.1. The number of aryl methyl sites for hydroxylation is 1. The maximum atomic E-state index is 12.3. The molecule has 3 aromatic rings. The highest BCUT2D eigenvalue weighted by molar-refractivity contribution is 6.31. The van der Waals surface area contributed by atoms with Gasteiger partial charge in [-0.1, -0.05) is 65.7 Å². The first kappa shape index (κ1) is 21.3. The Hall–Kier alpha value is -3.44. The van der Waals surface area contributed by atoms with E-state index in [0.717, 1.165) is 22.3 Å². The normalized spacial score (nSPS) is 14.1. The van der Waals surface area contributed by atoms with E-state index >= 15 is 0 Å². The van der Waals surface area contributed by atoms with Crippen molar-refractivity contribution in [2.45, 2.75) is 13.5 Å². The Morgan fingerprint density at radius 2 is 1.70 bits per heavy atom. The fourth-order valence-corrected chi connectivity index (χ4v) is 3.07. The lowest BCUT2D eigenvalue weighted by Crippen LogP contribution is -3.00. The molecular weight excluding hydrogens is 405 g/mol. The number of hydrogen-bond acceptors (Lipinski definition) is 4. The van der Waals surface area contributed by atoms with E-state index in [-0.39, 0.29) is 10.4 Å². The molecule has 3 aromatic carbocycles. The van der Waals surface area contributed by atoms with Gasteiger partial charge in [0.1, 0.15) is 12.4 Å². The Kier molecular flexibility index (Phi) is 6.65. The molecule has 0 N–H and O–H groups in total. The average molecular weight is 423 g/mol. The minimum absolute atomic E-state index is 0. The van der Waals surface area contributed by atoms with E-state index in [1.165, 1.54) is 0 Å². The molecule has 0 unspecified atom stereocenters. The van der Waals surface area contributed by atoms with Crippen LogP contribution in [-0.4, -0.2) is 11.9 Å². The second-order valence-corrected chi connectivity index (χ2v) is 7.03. The van der Waals surface area contributed by atoms with Crippen LogP contribution in [-0.2, 0) is 16.1 Å². The number of rotatable bonds is 5. The van der Waals surface area contributed by atoms with E-state index in [9.17, 15) is 4.79 Å². The Morgan fingerprint density at radius 3 is 2.47 bits per heavy atom. The molecule has 0 aliphatic carbocycles. The Bertz CT molecular complexity index is 1120. The molecule has 0 saturated heterocycles. The van der Waals surface area contributed by atoms with Gasteiger partial charge in [-0.05, 0) is 37.3 Å². The third-order valence-corrected chi connectivity index (χ3v) is 4.84. The van der Waals surface area contributed by atoms with E-state index in [2.05, 4.69) is 4.99 Å². The van der Waals surface area contributed by atoms with Crippen molar-refractivity contribution in [3.8, 4) is 5.75 Å². The molecular formula is C24H18ClFNO3-. The zero-order valence-corrected chi connectivity index (χ0v) is 16.9. The van der Waals surface area contributed by atoms with E-state index in [0.29, 0.717) is 23.3 Å². The third kappa shape index (κ3) is 4.75. The van der Waals surface area contributed by atoms with E-state index < -0.39 is 5.97 Å². The zero-order valence-electron chi connectivity index (χ0n) is 16.1. The highest BCUT2D eigenvalue weighted by atomic mass is 35.5. The van der Waals surface area contributed by atoms with Gasteiger partial charge in [-0.25, -0.2) is 9.79 Å². The number of nitrogens with zero attached hydrogens (tertiary/aromatic N) is 1. The zero-order chi connectivity index (χ0) is 20.2. The van der Waals surface area contributed by atoms with Gasteiger partial charge in [0, 0.05) is 21.7 Å². The fourth-order valence-electron chi connectivity index (χ4n) is 2.88. The topological polar surface area (TPSA) is 47.9 Å². The van der Waals surface area contributed by atoms with Gasteiger partial charge in [-0.3, -0.25) is 0 Å². The molecule has 0 radical (unpaired) electrons. The average Bonchev–Trinajstić information content (AvgIpc) is 3.09. The summed E-state index contributed by atoms with van der Waals surface area (Å²) in [4.78, 5) is 16.7. The van der Waals surface area contributed by atoms with Crippen LogP contribution in [0.4, 0.5) is 0 Å². The maximum absolute atomic E-state index is 12.3. The predicted octanol–water partition coefficient (Wildman–Crippen LogP) is 2.58. The number of ether oxygens (including phenoxy) is 2. The molecule has 0 saturated carbocycles. The van der Waals surface area contributed by atoms with Crippen molar-refractivity contribution >= 4 is 29.5 Å². The SMILES string of the molecule is Cc1ccc(C2=N/C(=C/c3ccccc3OCc3ccccc3Cl)C(=O)O2)cc1.[F-]. The molecule has 0 fully saturated rings. The standard InChI is InChI=1S/C24H18ClNO3.FH/c1-16-10-12-17(13-11-16)23-26-21(24(27)29-23)14-18-6-3-5-9-22(18)28-15-19-7-2-4-8-20(19)25;/h2-14H,15H2,1H3;1H/p-1/b21-14+;. The molecule has 6 heteroatoms. The number of carbonyl (C=O) groups is 1. The molecule has 152 valence electrons. The number of benzene rings is 3. The van der Waals surface area contributed by atoms with Gasteiger partial charge in [0.05, 0.1) is 0 Å². The molecule has 0 aromatic heterocycles. The smallest absolute Gasteiger partial charge is 0.363 e. The lowest BCUT2D eigenvalue weighted by molar-refractivity contribution is -0.129. The molecule has 1 aliphatic heterocycles. The van der Waals surface area contributed by atoms with E-state index in [1.807, 2.05) is 79.7 Å². The molecule has 30 heavy (non-hydrogen) atoms. The van der Waals surface area contributed by atoms with Crippen LogP contribution < -0.4 is 9.44 Å². The summed E-state index contributed by atoms with van der Waals surface area (Å²) in [6.07, 6.45) is 1.67. The number of cyclic esters (lactones) is 1. The summed E-state index contributed by atoms with van der Waals surface area (Å²) < 4.78 is 11.3. The number of hydrogen-bond donors (Lipinski definition) is 0. The Balaban J connectivity index is 0.00000256. The van der Waals surface area contributed by atoms with Gasteiger partial charge in [0.2, 0.25) is 5.90 Å². The molecule has 0 spiro atoms. The van der Waals surface area contributed by atoms with Crippen molar-refractivity contribution in [3.63, 3.8) is 0 Å². The van der Waals surface area contributed by atoms with Gasteiger partial charge < -0.3 is 14.2 Å². The summed E-state index contributed by atoms with van der Waals surface area (Å²) in [7, 11) is 0. The van der Waals surface area contributed by atoms with Crippen molar-refractivity contribution in [1.29, 1.82) is 0 Å². The molecule has 0 amide bonds. The highest BCUT2D eigenvalue weighted by Gasteiger charge is 2.24. The van der Waals surface area contributed by atoms with E-state index in [4.69, 9.17) is 21.1 Å². The lowest BCUT2D eigenvalue weighted by atomic mass is 10.1. The number of halogens is 2. The van der Waals surface area contributed by atoms with Gasteiger partial charge in [0.15, 0.2) is 5.70 Å². The molecule has 0 bridgehead atoms. The van der Waals surface area contributed by atoms with Crippen LogP contribution in [0.1, 0.15) is 22.3 Å². The highest BCUT2D eigenvalue weighted by Crippen LogP contribution is 2.26. The lowest BCUT2D eigenvalue weighted by Gasteiger charge is -2.10. The van der Waals surface area contributed by atoms with Gasteiger partial charge in [-0.15, -0.1) is 0 Å². The molecule has 4 rings (SSSR count).